The van der Waals surface area contributed by atoms with Crippen molar-refractivity contribution in [1.82, 2.24) is 30.2 Å². The van der Waals surface area contributed by atoms with Gasteiger partial charge in [0.25, 0.3) is 0 Å². The fraction of sp³-hybridized carbons (Fsp3) is 0.618. The Balaban J connectivity index is 1.04. The van der Waals surface area contributed by atoms with Crippen LogP contribution in [-0.2, 0) is 9.59 Å². The predicted molar refractivity (Wildman–Crippen MR) is 167 cm³/mol. The Morgan fingerprint density at radius 2 is 1.73 bits per heavy atom. The number of aliphatic hydroxyl groups is 1. The second-order valence-electron chi connectivity index (χ2n) is 14.6. The Labute approximate surface area is 262 Å². The van der Waals surface area contributed by atoms with E-state index in [0.717, 1.165) is 59.5 Å². The molecule has 2 aromatic heterocycles. The Morgan fingerprint density at radius 3 is 2.34 bits per heavy atom. The maximum atomic E-state index is 14.8. The zero-order valence-electron chi connectivity index (χ0n) is 25.6. The van der Waals surface area contributed by atoms with Crippen molar-refractivity contribution in [2.24, 2.45) is 23.2 Å². The van der Waals surface area contributed by atoms with E-state index in [2.05, 4.69) is 32.7 Å². The molecule has 5 saturated carbocycles. The molecule has 0 spiro atoms. The molecule has 2 unspecified atom stereocenters. The van der Waals surface area contributed by atoms with E-state index in [1.54, 1.807) is 16.2 Å². The summed E-state index contributed by atoms with van der Waals surface area (Å²) < 4.78 is 1.86. The summed E-state index contributed by atoms with van der Waals surface area (Å²) in [6.07, 6.45) is 10.7. The number of carbonyl (C=O) groups is 2. The van der Waals surface area contributed by atoms with Gasteiger partial charge < -0.3 is 15.3 Å². The monoisotopic (exact) mass is 614 g/mol. The number of nitrogens with one attached hydrogen (secondary N) is 1. The van der Waals surface area contributed by atoms with Crippen molar-refractivity contribution in [3.05, 3.63) is 52.9 Å². The van der Waals surface area contributed by atoms with E-state index in [9.17, 15) is 14.7 Å². The zero-order chi connectivity index (χ0) is 30.2. The first kappa shape index (κ1) is 28.4. The van der Waals surface area contributed by atoms with E-state index < -0.39 is 18.2 Å². The standard InChI is InChI=1S/C34H42N6O3S/c1-19(24-3-7-26(8-4-24)30-20(2)35-18-44-30)36-32(42)29-12-27(41)16-39(29)33(43)31(40-17-28(37-38-40)25-5-6-25)34-13-21-9-22(14-34)11-23(10-21)15-34/h3-4,7-8,17-19,21-23,25,27,29,31,41H,5-6,9-16H2,1-2H3,(H,36,42)/t19?,21?,22?,23?,27-,29+,31?,34?/m1/s1. The van der Waals surface area contributed by atoms with E-state index in [-0.39, 0.29) is 36.2 Å². The summed E-state index contributed by atoms with van der Waals surface area (Å²) >= 11 is 1.62. The van der Waals surface area contributed by atoms with Crippen LogP contribution in [0, 0.1) is 30.1 Å². The van der Waals surface area contributed by atoms with Gasteiger partial charge in [-0.2, -0.15) is 0 Å². The number of aromatic nitrogens is 4. The van der Waals surface area contributed by atoms with Crippen LogP contribution in [0.1, 0.15) is 99.7 Å². The number of aliphatic hydroxyl groups excluding tert-OH is 1. The van der Waals surface area contributed by atoms with Crippen LogP contribution < -0.4 is 5.32 Å². The van der Waals surface area contributed by atoms with Gasteiger partial charge >= 0.3 is 0 Å². The average Bonchev–Trinajstić information content (AvgIpc) is 3.36. The molecule has 5 aliphatic carbocycles. The van der Waals surface area contributed by atoms with Gasteiger partial charge in [0.15, 0.2) is 0 Å². The molecule has 232 valence electrons. The summed E-state index contributed by atoms with van der Waals surface area (Å²) in [7, 11) is 0. The van der Waals surface area contributed by atoms with Crippen LogP contribution in [-0.4, -0.2) is 60.5 Å². The number of benzene rings is 1. The first-order valence-corrected chi connectivity index (χ1v) is 17.4. The van der Waals surface area contributed by atoms with E-state index >= 15 is 0 Å². The number of carbonyl (C=O) groups excluding carboxylic acids is 2. The van der Waals surface area contributed by atoms with Crippen molar-refractivity contribution >= 4 is 23.2 Å². The van der Waals surface area contributed by atoms with Crippen molar-refractivity contribution in [2.45, 2.75) is 102 Å². The maximum absolute atomic E-state index is 14.8. The Bertz CT molecular complexity index is 1530. The lowest BCUT2D eigenvalue weighted by atomic mass is 9.47. The lowest BCUT2D eigenvalue weighted by molar-refractivity contribution is -0.154. The van der Waals surface area contributed by atoms with Crippen LogP contribution in [0.25, 0.3) is 10.4 Å². The van der Waals surface area contributed by atoms with Gasteiger partial charge in [0.2, 0.25) is 11.8 Å². The molecule has 6 aliphatic rings. The maximum Gasteiger partial charge on any atom is 0.248 e. The van der Waals surface area contributed by atoms with Crippen LogP contribution in [0.15, 0.2) is 36.0 Å². The molecule has 3 aromatic rings. The number of rotatable bonds is 8. The molecule has 1 saturated heterocycles. The number of likely N-dealkylation sites (tertiary alicyclic amines) is 1. The highest BCUT2D eigenvalue weighted by Gasteiger charge is 2.58. The molecule has 44 heavy (non-hydrogen) atoms. The number of hydrogen-bond acceptors (Lipinski definition) is 7. The second kappa shape index (κ2) is 10.8. The summed E-state index contributed by atoms with van der Waals surface area (Å²) in [5.41, 5.74) is 5.77. The minimum atomic E-state index is -0.735. The van der Waals surface area contributed by atoms with Crippen molar-refractivity contribution in [3.63, 3.8) is 0 Å². The van der Waals surface area contributed by atoms with Gasteiger partial charge in [-0.1, -0.05) is 29.5 Å². The minimum absolute atomic E-state index is 0.0761. The molecule has 4 atom stereocenters. The Hall–Kier alpha value is -3.11. The van der Waals surface area contributed by atoms with E-state index in [1.807, 2.05) is 42.4 Å². The van der Waals surface area contributed by atoms with Crippen LogP contribution in [0.2, 0.25) is 0 Å². The van der Waals surface area contributed by atoms with Gasteiger partial charge in [0.05, 0.1) is 33.9 Å². The van der Waals surface area contributed by atoms with Crippen molar-refractivity contribution in [1.29, 1.82) is 0 Å². The summed E-state index contributed by atoms with van der Waals surface area (Å²) in [4.78, 5) is 35.8. The summed E-state index contributed by atoms with van der Waals surface area (Å²) in [6, 6.07) is 6.76. The number of aryl methyl sites for hydroxylation is 1. The average molecular weight is 615 g/mol. The van der Waals surface area contributed by atoms with Gasteiger partial charge in [-0.05, 0) is 94.1 Å². The van der Waals surface area contributed by atoms with E-state index in [4.69, 9.17) is 0 Å². The number of β-amino-alcohol motifs (C(OH)–C–C–N with tert-alkyl or cyclic N) is 1. The molecule has 6 fully saturated rings. The van der Waals surface area contributed by atoms with E-state index in [1.165, 1.54) is 19.3 Å². The number of nitrogens with zero attached hydrogens (tertiary/aromatic N) is 5. The molecular weight excluding hydrogens is 572 g/mol. The van der Waals surface area contributed by atoms with Crippen LogP contribution >= 0.6 is 11.3 Å². The lowest BCUT2D eigenvalue weighted by Crippen LogP contribution is -2.56. The first-order valence-electron chi connectivity index (χ1n) is 16.5. The summed E-state index contributed by atoms with van der Waals surface area (Å²) in [5.74, 6) is 2.15. The third-order valence-electron chi connectivity index (χ3n) is 11.3. The third-order valence-corrected chi connectivity index (χ3v) is 12.3. The lowest BCUT2D eigenvalue weighted by Gasteiger charge is -2.59. The highest BCUT2D eigenvalue weighted by molar-refractivity contribution is 7.13. The highest BCUT2D eigenvalue weighted by atomic mass is 32.1. The van der Waals surface area contributed by atoms with Crippen LogP contribution in [0.5, 0.6) is 0 Å². The van der Waals surface area contributed by atoms with Gasteiger partial charge in [-0.3, -0.25) is 9.59 Å². The van der Waals surface area contributed by atoms with Crippen molar-refractivity contribution in [3.8, 4) is 10.4 Å². The van der Waals surface area contributed by atoms with Gasteiger partial charge in [-0.15, -0.1) is 16.4 Å². The molecule has 9 nitrogen and oxygen atoms in total. The van der Waals surface area contributed by atoms with Crippen molar-refractivity contribution < 1.29 is 14.7 Å². The molecule has 4 bridgehead atoms. The van der Waals surface area contributed by atoms with Crippen molar-refractivity contribution in [2.75, 3.05) is 6.54 Å². The second-order valence-corrected chi connectivity index (χ2v) is 15.5. The molecule has 9 rings (SSSR count). The molecule has 10 heteroatoms. The van der Waals surface area contributed by atoms with Gasteiger partial charge in [0, 0.05) is 30.5 Å². The van der Waals surface area contributed by atoms with Gasteiger partial charge in [-0.25, -0.2) is 9.67 Å². The zero-order valence-corrected chi connectivity index (χ0v) is 26.4. The Kier molecular flexibility index (Phi) is 6.94. The third kappa shape index (κ3) is 4.98. The first-order chi connectivity index (χ1) is 21.3. The number of hydrogen-bond donors (Lipinski definition) is 2. The quantitative estimate of drug-likeness (QED) is 0.361. The number of thiazole rings is 1. The van der Waals surface area contributed by atoms with Crippen LogP contribution in [0.4, 0.5) is 0 Å². The summed E-state index contributed by atoms with van der Waals surface area (Å²) in [6.45, 7) is 4.14. The molecule has 1 aromatic carbocycles. The molecule has 2 N–H and O–H groups in total. The largest absolute Gasteiger partial charge is 0.391 e. The molecule has 2 amide bonds. The van der Waals surface area contributed by atoms with Crippen LogP contribution in [0.3, 0.4) is 0 Å². The molecule has 1 aliphatic heterocycles. The topological polar surface area (TPSA) is 113 Å². The predicted octanol–water partition coefficient (Wildman–Crippen LogP) is 5.18. The number of amides is 2. The van der Waals surface area contributed by atoms with Gasteiger partial charge in [0.1, 0.15) is 12.1 Å². The highest BCUT2D eigenvalue weighted by Crippen LogP contribution is 2.64. The minimum Gasteiger partial charge on any atom is -0.391 e. The fourth-order valence-electron chi connectivity index (χ4n) is 9.51. The molecular formula is C34H42N6O3S. The van der Waals surface area contributed by atoms with E-state index in [0.29, 0.717) is 23.7 Å². The smallest absolute Gasteiger partial charge is 0.248 e. The SMILES string of the molecule is Cc1ncsc1-c1ccc(C(C)NC(=O)[C@@H]2C[C@@H](O)CN2C(=O)C(n2cc(C3CC3)nn2)C23CC4CC(CC(C4)C2)C3)cc1. The normalized spacial score (nSPS) is 32.2. The summed E-state index contributed by atoms with van der Waals surface area (Å²) in [5, 5.41) is 23.1. The molecule has 3 heterocycles. The molecule has 0 radical (unpaired) electrons. The fourth-order valence-corrected chi connectivity index (χ4v) is 10.3. The Morgan fingerprint density at radius 1 is 1.05 bits per heavy atom.